The van der Waals surface area contributed by atoms with Gasteiger partial charge in [-0.3, -0.25) is 9.69 Å². The summed E-state index contributed by atoms with van der Waals surface area (Å²) in [6, 6.07) is 18.9. The van der Waals surface area contributed by atoms with E-state index in [2.05, 4.69) is 15.9 Å². The monoisotopic (exact) mass is 541 g/mol. The van der Waals surface area contributed by atoms with Crippen LogP contribution in [0.5, 0.6) is 11.5 Å². The van der Waals surface area contributed by atoms with Crippen LogP contribution in [0, 0.1) is 5.82 Å². The van der Waals surface area contributed by atoms with Crippen LogP contribution >= 0.6 is 15.9 Å². The Hall–Kier alpha value is -3.39. The van der Waals surface area contributed by atoms with Crippen molar-refractivity contribution >= 4 is 28.0 Å². The Kier molecular flexibility index (Phi) is 7.70. The van der Waals surface area contributed by atoms with Crippen LogP contribution in [0.2, 0.25) is 0 Å². The molecule has 1 aliphatic rings. The van der Waals surface area contributed by atoms with Crippen LogP contribution < -0.4 is 4.74 Å². The van der Waals surface area contributed by atoms with Gasteiger partial charge in [-0.2, -0.15) is 0 Å². The molecule has 0 bridgehead atoms. The Morgan fingerprint density at radius 2 is 1.89 bits per heavy atom. The van der Waals surface area contributed by atoms with E-state index in [4.69, 9.17) is 14.2 Å². The zero-order valence-electron chi connectivity index (χ0n) is 19.4. The highest BCUT2D eigenvalue weighted by atomic mass is 79.9. The quantitative estimate of drug-likeness (QED) is 0.302. The first kappa shape index (κ1) is 24.7. The third-order valence-electron chi connectivity index (χ3n) is 5.70. The number of hydrogen-bond acceptors (Lipinski definition) is 5. The lowest BCUT2D eigenvalue weighted by atomic mass is 10.0. The molecule has 4 rings (SSSR count). The van der Waals surface area contributed by atoms with E-state index in [1.807, 2.05) is 43.3 Å². The van der Waals surface area contributed by atoms with Gasteiger partial charge in [0.15, 0.2) is 0 Å². The number of esters is 1. The molecule has 1 heterocycles. The predicted molar refractivity (Wildman–Crippen MR) is 132 cm³/mol. The Labute approximate surface area is 211 Å². The number of hydrogen-bond donors (Lipinski definition) is 0. The van der Waals surface area contributed by atoms with Gasteiger partial charge in [-0.1, -0.05) is 46.3 Å². The van der Waals surface area contributed by atoms with Crippen LogP contribution in [0.3, 0.4) is 0 Å². The zero-order chi connectivity index (χ0) is 24.9. The molecule has 0 aliphatic carbocycles. The second kappa shape index (κ2) is 10.9. The van der Waals surface area contributed by atoms with Gasteiger partial charge in [0.1, 0.15) is 23.4 Å². The smallest absolute Gasteiger partial charge is 0.411 e. The second-order valence-electron chi connectivity index (χ2n) is 8.21. The Balaban J connectivity index is 1.56. The fourth-order valence-corrected chi connectivity index (χ4v) is 4.45. The van der Waals surface area contributed by atoms with Gasteiger partial charge in [0, 0.05) is 16.1 Å². The maximum absolute atomic E-state index is 14.3. The summed E-state index contributed by atoms with van der Waals surface area (Å²) in [6.07, 6.45) is -0.860. The molecule has 1 saturated heterocycles. The van der Waals surface area contributed by atoms with Gasteiger partial charge >= 0.3 is 12.1 Å². The average molecular weight is 542 g/mol. The molecule has 0 saturated carbocycles. The first-order chi connectivity index (χ1) is 16.8. The van der Waals surface area contributed by atoms with Crippen LogP contribution in [0.1, 0.15) is 36.6 Å². The van der Waals surface area contributed by atoms with Crippen molar-refractivity contribution < 1.29 is 28.2 Å². The molecule has 2 unspecified atom stereocenters. The summed E-state index contributed by atoms with van der Waals surface area (Å²) in [7, 11) is 0. The molecular formula is C27H25BrFNO5. The summed E-state index contributed by atoms with van der Waals surface area (Å²) in [6.45, 7) is 4.15. The number of amides is 1. The van der Waals surface area contributed by atoms with Crippen LogP contribution in [0.15, 0.2) is 71.2 Å². The van der Waals surface area contributed by atoms with Gasteiger partial charge in [0.05, 0.1) is 25.6 Å². The largest absolute Gasteiger partial charge is 0.466 e. The highest BCUT2D eigenvalue weighted by molar-refractivity contribution is 9.10. The number of benzene rings is 3. The van der Waals surface area contributed by atoms with Crippen molar-refractivity contribution in [1.82, 2.24) is 4.90 Å². The van der Waals surface area contributed by atoms with Crippen molar-refractivity contribution in [3.05, 3.63) is 93.7 Å². The second-order valence-corrected chi connectivity index (χ2v) is 9.13. The molecule has 0 radical (unpaired) electrons. The van der Waals surface area contributed by atoms with E-state index in [0.29, 0.717) is 16.9 Å². The van der Waals surface area contributed by atoms with E-state index in [1.165, 1.54) is 12.1 Å². The molecule has 2 atom stereocenters. The average Bonchev–Trinajstić information content (AvgIpc) is 3.09. The fourth-order valence-electron chi connectivity index (χ4n) is 4.04. The molecule has 3 aromatic carbocycles. The Morgan fingerprint density at radius 3 is 2.63 bits per heavy atom. The molecule has 6 nitrogen and oxygen atoms in total. The minimum atomic E-state index is -0.525. The normalized spacial score (nSPS) is 17.3. The first-order valence-corrected chi connectivity index (χ1v) is 12.1. The van der Waals surface area contributed by atoms with E-state index in [1.54, 1.807) is 30.0 Å². The Morgan fingerprint density at radius 1 is 1.11 bits per heavy atom. The summed E-state index contributed by atoms with van der Waals surface area (Å²) in [5.74, 6) is -0.262. The molecular weight excluding hydrogens is 517 g/mol. The van der Waals surface area contributed by atoms with Crippen molar-refractivity contribution in [3.8, 4) is 11.5 Å². The van der Waals surface area contributed by atoms with Gasteiger partial charge in [-0.25, -0.2) is 9.18 Å². The van der Waals surface area contributed by atoms with Crippen molar-refractivity contribution in [1.29, 1.82) is 0 Å². The predicted octanol–water partition coefficient (Wildman–Crippen LogP) is 6.57. The van der Waals surface area contributed by atoms with Gasteiger partial charge in [-0.15, -0.1) is 0 Å². The maximum atomic E-state index is 14.3. The number of carbonyl (C=O) groups excluding carboxylic acids is 2. The van der Waals surface area contributed by atoms with Crippen molar-refractivity contribution in [2.45, 2.75) is 39.0 Å². The summed E-state index contributed by atoms with van der Waals surface area (Å²) in [4.78, 5) is 26.2. The van der Waals surface area contributed by atoms with Gasteiger partial charge < -0.3 is 14.2 Å². The molecule has 0 spiro atoms. The van der Waals surface area contributed by atoms with Gasteiger partial charge in [-0.05, 0) is 55.3 Å². The Bertz CT molecular complexity index is 1220. The third-order valence-corrected chi connectivity index (χ3v) is 6.19. The molecule has 35 heavy (non-hydrogen) atoms. The summed E-state index contributed by atoms with van der Waals surface area (Å²) >= 11 is 3.47. The third kappa shape index (κ3) is 6.00. The lowest BCUT2D eigenvalue weighted by Crippen LogP contribution is -2.31. The molecule has 3 aromatic rings. The SMILES string of the molecule is CCOC(=O)Cc1cc(F)cc(Oc2ccc(Br)cc2CN2C(=O)OC(c3ccccc3)C2C)c1. The number of carbonyl (C=O) groups is 2. The summed E-state index contributed by atoms with van der Waals surface area (Å²) in [5, 5.41) is 0. The van der Waals surface area contributed by atoms with E-state index < -0.39 is 17.9 Å². The highest BCUT2D eigenvalue weighted by Crippen LogP contribution is 2.36. The molecule has 0 N–H and O–H groups in total. The molecule has 1 amide bonds. The van der Waals surface area contributed by atoms with Crippen molar-refractivity contribution in [2.75, 3.05) is 6.61 Å². The van der Waals surface area contributed by atoms with E-state index in [9.17, 15) is 14.0 Å². The van der Waals surface area contributed by atoms with E-state index in [0.717, 1.165) is 10.0 Å². The number of nitrogens with zero attached hydrogens (tertiary/aromatic N) is 1. The van der Waals surface area contributed by atoms with Crippen LogP contribution in [-0.2, 0) is 27.2 Å². The minimum absolute atomic E-state index is 0.0623. The lowest BCUT2D eigenvalue weighted by molar-refractivity contribution is -0.142. The standard InChI is InChI=1S/C27H25BrFNO5/c1-3-33-25(31)13-18-11-22(29)15-23(12-18)34-24-10-9-21(28)14-20(24)16-30-17(2)26(35-27(30)32)19-7-5-4-6-8-19/h4-12,14-15,17,26H,3,13,16H2,1-2H3. The van der Waals surface area contributed by atoms with Crippen LogP contribution in [0.25, 0.3) is 0 Å². The van der Waals surface area contributed by atoms with Gasteiger partial charge in [0.2, 0.25) is 0 Å². The minimum Gasteiger partial charge on any atom is -0.466 e. The molecule has 1 aliphatic heterocycles. The topological polar surface area (TPSA) is 65.1 Å². The summed E-state index contributed by atoms with van der Waals surface area (Å²) in [5.41, 5.74) is 2.09. The summed E-state index contributed by atoms with van der Waals surface area (Å²) < 4.78 is 31.7. The number of cyclic esters (lactones) is 1. The van der Waals surface area contributed by atoms with Crippen LogP contribution in [0.4, 0.5) is 9.18 Å². The van der Waals surface area contributed by atoms with E-state index in [-0.39, 0.29) is 37.5 Å². The zero-order valence-corrected chi connectivity index (χ0v) is 21.0. The number of ether oxygens (including phenoxy) is 3. The van der Waals surface area contributed by atoms with Crippen molar-refractivity contribution in [3.63, 3.8) is 0 Å². The fraction of sp³-hybridized carbons (Fsp3) is 0.259. The van der Waals surface area contributed by atoms with Crippen molar-refractivity contribution in [2.24, 2.45) is 0 Å². The first-order valence-electron chi connectivity index (χ1n) is 11.3. The molecule has 0 aromatic heterocycles. The lowest BCUT2D eigenvalue weighted by Gasteiger charge is -2.22. The van der Waals surface area contributed by atoms with E-state index >= 15 is 0 Å². The van der Waals surface area contributed by atoms with Gasteiger partial charge in [0.25, 0.3) is 0 Å². The number of halogens is 2. The molecule has 8 heteroatoms. The van der Waals surface area contributed by atoms with Crippen LogP contribution in [-0.4, -0.2) is 29.6 Å². The number of rotatable bonds is 8. The molecule has 1 fully saturated rings. The molecule has 182 valence electrons. The highest BCUT2D eigenvalue weighted by Gasteiger charge is 2.39. The maximum Gasteiger partial charge on any atom is 0.411 e.